The molecule has 2 aliphatic rings. The van der Waals surface area contributed by atoms with Crippen molar-refractivity contribution in [2.75, 3.05) is 25.6 Å². The number of nitrogens with one attached hydrogen (secondary N) is 2. The third-order valence-corrected chi connectivity index (χ3v) is 7.21. The van der Waals surface area contributed by atoms with Gasteiger partial charge in [0.2, 0.25) is 16.8 Å². The number of ether oxygens (including phenoxy) is 2. The summed E-state index contributed by atoms with van der Waals surface area (Å²) in [5, 5.41) is 9.52. The highest BCUT2D eigenvalue weighted by molar-refractivity contribution is 7.89. The molecular weight excluding hydrogens is 396 g/mol. The lowest BCUT2D eigenvalue weighted by molar-refractivity contribution is 0.0951. The Hall–Kier alpha value is -2.59. The van der Waals surface area contributed by atoms with Crippen LogP contribution < -0.4 is 14.8 Å². The number of benzene rings is 1. The van der Waals surface area contributed by atoms with E-state index < -0.39 is 15.9 Å². The van der Waals surface area contributed by atoms with E-state index in [1.807, 2.05) is 13.0 Å². The van der Waals surface area contributed by atoms with Crippen molar-refractivity contribution in [2.24, 2.45) is 0 Å². The summed E-state index contributed by atoms with van der Waals surface area (Å²) < 4.78 is 37.3. The van der Waals surface area contributed by atoms with Gasteiger partial charge in [0.15, 0.2) is 11.5 Å². The number of carbonyl (C=O) groups is 1. The number of aromatic amines is 1. The van der Waals surface area contributed by atoms with Gasteiger partial charge in [0.25, 0.3) is 5.91 Å². The molecule has 0 spiro atoms. The molecule has 0 bridgehead atoms. The van der Waals surface area contributed by atoms with Gasteiger partial charge in [-0.15, -0.1) is 0 Å². The van der Waals surface area contributed by atoms with Crippen LogP contribution in [-0.2, 0) is 10.0 Å². The molecule has 1 saturated heterocycles. The van der Waals surface area contributed by atoms with Gasteiger partial charge in [-0.05, 0) is 44.0 Å². The molecule has 0 saturated carbocycles. The molecule has 9 nitrogen and oxygen atoms in total. The standard InChI is InChI=1S/C19H24N4O5S/c1-13-4-2-3-8-23(13)29(25,26)9-7-20-19(24)16-11-15(21-22-16)14-5-6-17-18(10-14)28-12-27-17/h5-6,10-11,13H,2-4,7-9,12H2,1H3,(H,20,24)(H,21,22). The van der Waals surface area contributed by atoms with Crippen LogP contribution in [-0.4, -0.2) is 60.5 Å². The van der Waals surface area contributed by atoms with Crippen molar-refractivity contribution in [3.05, 3.63) is 30.0 Å². The number of piperidine rings is 1. The van der Waals surface area contributed by atoms with Gasteiger partial charge in [-0.2, -0.15) is 9.40 Å². The van der Waals surface area contributed by atoms with Crippen LogP contribution in [0.25, 0.3) is 11.3 Å². The Morgan fingerprint density at radius 2 is 2.10 bits per heavy atom. The number of carbonyl (C=O) groups excluding carboxylic acids is 1. The number of nitrogens with zero attached hydrogens (tertiary/aromatic N) is 2. The predicted octanol–water partition coefficient (Wildman–Crippen LogP) is 1.74. The van der Waals surface area contributed by atoms with Crippen LogP contribution in [0, 0.1) is 0 Å². The van der Waals surface area contributed by atoms with E-state index in [9.17, 15) is 13.2 Å². The van der Waals surface area contributed by atoms with Gasteiger partial charge in [-0.25, -0.2) is 8.42 Å². The molecule has 1 amide bonds. The summed E-state index contributed by atoms with van der Waals surface area (Å²) in [6, 6.07) is 7.05. The second-order valence-corrected chi connectivity index (χ2v) is 9.30. The second-order valence-electron chi connectivity index (χ2n) is 7.26. The largest absolute Gasteiger partial charge is 0.454 e. The van der Waals surface area contributed by atoms with Crippen molar-refractivity contribution in [1.82, 2.24) is 19.8 Å². The van der Waals surface area contributed by atoms with Crippen LogP contribution in [0.1, 0.15) is 36.7 Å². The van der Waals surface area contributed by atoms with Gasteiger partial charge in [0, 0.05) is 24.7 Å². The molecule has 156 valence electrons. The average molecular weight is 420 g/mol. The molecule has 1 fully saturated rings. The van der Waals surface area contributed by atoms with Crippen LogP contribution in [0.2, 0.25) is 0 Å². The molecule has 29 heavy (non-hydrogen) atoms. The number of hydrogen-bond acceptors (Lipinski definition) is 6. The minimum absolute atomic E-state index is 0.0151. The summed E-state index contributed by atoms with van der Waals surface area (Å²) in [5.41, 5.74) is 1.64. The van der Waals surface area contributed by atoms with E-state index in [0.29, 0.717) is 23.7 Å². The molecule has 1 aromatic carbocycles. The normalized spacial score (nSPS) is 19.3. The smallest absolute Gasteiger partial charge is 0.269 e. The molecule has 0 radical (unpaired) electrons. The Kier molecular flexibility index (Phi) is 5.46. The van der Waals surface area contributed by atoms with Crippen LogP contribution in [0.3, 0.4) is 0 Å². The number of aromatic nitrogens is 2. The van der Waals surface area contributed by atoms with E-state index in [4.69, 9.17) is 9.47 Å². The number of hydrogen-bond donors (Lipinski definition) is 2. The summed E-state index contributed by atoms with van der Waals surface area (Å²) in [7, 11) is -3.39. The van der Waals surface area contributed by atoms with Crippen molar-refractivity contribution in [1.29, 1.82) is 0 Å². The monoisotopic (exact) mass is 420 g/mol. The van der Waals surface area contributed by atoms with Crippen molar-refractivity contribution in [3.63, 3.8) is 0 Å². The lowest BCUT2D eigenvalue weighted by Crippen LogP contribution is -2.45. The number of amides is 1. The summed E-state index contributed by atoms with van der Waals surface area (Å²) >= 11 is 0. The summed E-state index contributed by atoms with van der Waals surface area (Å²) in [5.74, 6) is 0.790. The number of rotatable bonds is 6. The molecule has 1 aromatic heterocycles. The molecular formula is C19H24N4O5S. The second kappa shape index (κ2) is 8.03. The zero-order valence-electron chi connectivity index (χ0n) is 16.2. The topological polar surface area (TPSA) is 114 Å². The lowest BCUT2D eigenvalue weighted by atomic mass is 10.1. The quantitative estimate of drug-likeness (QED) is 0.736. The maximum atomic E-state index is 12.5. The summed E-state index contributed by atoms with van der Waals surface area (Å²) in [4.78, 5) is 12.4. The molecule has 3 heterocycles. The predicted molar refractivity (Wildman–Crippen MR) is 106 cm³/mol. The number of fused-ring (bicyclic) bond motifs is 1. The Bertz CT molecular complexity index is 1000. The highest BCUT2D eigenvalue weighted by atomic mass is 32.2. The van der Waals surface area contributed by atoms with Gasteiger partial charge in [0.05, 0.1) is 11.4 Å². The molecule has 1 unspecified atom stereocenters. The van der Waals surface area contributed by atoms with Gasteiger partial charge in [-0.3, -0.25) is 9.89 Å². The third-order valence-electron chi connectivity index (χ3n) is 5.24. The fourth-order valence-corrected chi connectivity index (χ4v) is 5.29. The van der Waals surface area contributed by atoms with E-state index in [-0.39, 0.29) is 30.8 Å². The first kappa shape index (κ1) is 19.7. The van der Waals surface area contributed by atoms with Crippen LogP contribution in [0.5, 0.6) is 11.5 Å². The summed E-state index contributed by atoms with van der Waals surface area (Å²) in [6.07, 6.45) is 2.81. The van der Waals surface area contributed by atoms with E-state index in [1.165, 1.54) is 0 Å². The summed E-state index contributed by atoms with van der Waals surface area (Å²) in [6.45, 7) is 2.71. The van der Waals surface area contributed by atoms with E-state index in [0.717, 1.165) is 24.8 Å². The van der Waals surface area contributed by atoms with Crippen molar-refractivity contribution < 1.29 is 22.7 Å². The zero-order valence-corrected chi connectivity index (χ0v) is 17.0. The molecule has 1 atom stereocenters. The van der Waals surface area contributed by atoms with Crippen molar-refractivity contribution >= 4 is 15.9 Å². The lowest BCUT2D eigenvalue weighted by Gasteiger charge is -2.32. The van der Waals surface area contributed by atoms with E-state index >= 15 is 0 Å². The Labute approximate surface area is 169 Å². The van der Waals surface area contributed by atoms with E-state index in [1.54, 1.807) is 22.5 Å². The molecule has 2 aromatic rings. The minimum atomic E-state index is -3.39. The Morgan fingerprint density at radius 1 is 1.28 bits per heavy atom. The number of H-pyrrole nitrogens is 1. The highest BCUT2D eigenvalue weighted by Gasteiger charge is 2.29. The number of sulfonamides is 1. The van der Waals surface area contributed by atoms with Gasteiger partial charge >= 0.3 is 0 Å². The average Bonchev–Trinajstić information content (AvgIpc) is 3.37. The van der Waals surface area contributed by atoms with Crippen molar-refractivity contribution in [3.8, 4) is 22.8 Å². The highest BCUT2D eigenvalue weighted by Crippen LogP contribution is 2.35. The van der Waals surface area contributed by atoms with Gasteiger partial charge < -0.3 is 14.8 Å². The SMILES string of the molecule is CC1CCCCN1S(=O)(=O)CCNC(=O)c1cc(-c2ccc3c(c2)OCO3)n[nH]1. The molecule has 0 aliphatic carbocycles. The van der Waals surface area contributed by atoms with Crippen LogP contribution in [0.15, 0.2) is 24.3 Å². The first-order chi connectivity index (χ1) is 13.9. The first-order valence-electron chi connectivity index (χ1n) is 9.67. The molecule has 2 N–H and O–H groups in total. The fraction of sp³-hybridized carbons (Fsp3) is 0.474. The Morgan fingerprint density at radius 3 is 2.93 bits per heavy atom. The molecule has 4 rings (SSSR count). The van der Waals surface area contributed by atoms with E-state index in [2.05, 4.69) is 15.5 Å². The minimum Gasteiger partial charge on any atom is -0.454 e. The maximum Gasteiger partial charge on any atom is 0.269 e. The third kappa shape index (κ3) is 4.23. The van der Waals surface area contributed by atoms with Crippen LogP contribution >= 0.6 is 0 Å². The van der Waals surface area contributed by atoms with Gasteiger partial charge in [0.1, 0.15) is 5.69 Å². The molecule has 2 aliphatic heterocycles. The van der Waals surface area contributed by atoms with Gasteiger partial charge in [-0.1, -0.05) is 6.42 Å². The maximum absolute atomic E-state index is 12.5. The van der Waals surface area contributed by atoms with Crippen LogP contribution in [0.4, 0.5) is 0 Å². The molecule has 10 heteroatoms. The first-order valence-corrected chi connectivity index (χ1v) is 11.3. The fourth-order valence-electron chi connectivity index (χ4n) is 3.63. The Balaban J connectivity index is 1.35. The zero-order chi connectivity index (χ0) is 20.4. The van der Waals surface area contributed by atoms with Crippen molar-refractivity contribution in [2.45, 2.75) is 32.2 Å².